The number of nitrogens with zero attached hydrogens (tertiary/aromatic N) is 1. The van der Waals surface area contributed by atoms with E-state index >= 15 is 0 Å². The van der Waals surface area contributed by atoms with E-state index in [1.54, 1.807) is 28.6 Å². The van der Waals surface area contributed by atoms with Gasteiger partial charge in [-0.3, -0.25) is 0 Å². The largest absolute Gasteiger partial charge is 0.384 e. The van der Waals surface area contributed by atoms with E-state index in [1.807, 2.05) is 0 Å². The molecule has 0 amide bonds. The zero-order chi connectivity index (χ0) is 15.3. The molecule has 0 spiro atoms. The molecule has 4 nitrogen and oxygen atoms in total. The minimum atomic E-state index is -3.41. The summed E-state index contributed by atoms with van der Waals surface area (Å²) in [6.45, 7) is 3.16. The SMILES string of the molecule is CC1CCCN(S(=O)(=O)c2ccc(C#CCO)cc2)CC1. The van der Waals surface area contributed by atoms with E-state index in [0.29, 0.717) is 29.5 Å². The molecule has 0 radical (unpaired) electrons. The van der Waals surface area contributed by atoms with Crippen LogP contribution in [0.4, 0.5) is 0 Å². The van der Waals surface area contributed by atoms with Crippen molar-refractivity contribution in [1.82, 2.24) is 4.31 Å². The molecule has 0 saturated carbocycles. The molecule has 1 N–H and O–H groups in total. The smallest absolute Gasteiger partial charge is 0.243 e. The summed E-state index contributed by atoms with van der Waals surface area (Å²) in [4.78, 5) is 0.312. The van der Waals surface area contributed by atoms with Crippen LogP contribution in [0.25, 0.3) is 0 Å². The number of aliphatic hydroxyl groups excluding tert-OH is 1. The fourth-order valence-corrected chi connectivity index (χ4v) is 3.97. The number of benzene rings is 1. The van der Waals surface area contributed by atoms with Gasteiger partial charge in [-0.1, -0.05) is 18.8 Å². The molecule has 1 saturated heterocycles. The molecule has 2 rings (SSSR count). The van der Waals surface area contributed by atoms with Crippen molar-refractivity contribution < 1.29 is 13.5 Å². The van der Waals surface area contributed by atoms with Gasteiger partial charge in [-0.15, -0.1) is 0 Å². The second-order valence-corrected chi connectivity index (χ2v) is 7.36. The van der Waals surface area contributed by atoms with Crippen LogP contribution < -0.4 is 0 Å². The molecule has 1 aliphatic heterocycles. The zero-order valence-electron chi connectivity index (χ0n) is 12.2. The summed E-state index contributed by atoms with van der Waals surface area (Å²) < 4.78 is 26.8. The molecule has 21 heavy (non-hydrogen) atoms. The Hall–Kier alpha value is -1.35. The molecule has 1 unspecified atom stereocenters. The Morgan fingerprint density at radius 3 is 2.62 bits per heavy atom. The highest BCUT2D eigenvalue weighted by Crippen LogP contribution is 2.23. The molecular formula is C16H21NO3S. The fraction of sp³-hybridized carbons (Fsp3) is 0.500. The van der Waals surface area contributed by atoms with Crippen LogP contribution in [0.5, 0.6) is 0 Å². The molecule has 1 atom stereocenters. The van der Waals surface area contributed by atoms with Crippen LogP contribution in [0.2, 0.25) is 0 Å². The standard InChI is InChI=1S/C16H21NO3S/c1-14-4-2-11-17(12-10-14)21(19,20)16-8-6-15(7-9-16)5-3-13-18/h6-9,14,18H,2,4,10-13H2,1H3. The minimum Gasteiger partial charge on any atom is -0.384 e. The van der Waals surface area contributed by atoms with Gasteiger partial charge in [0.05, 0.1) is 4.90 Å². The first-order valence-corrected chi connectivity index (χ1v) is 8.68. The first-order valence-electron chi connectivity index (χ1n) is 7.24. The zero-order valence-corrected chi connectivity index (χ0v) is 13.1. The summed E-state index contributed by atoms with van der Waals surface area (Å²) >= 11 is 0. The van der Waals surface area contributed by atoms with Crippen molar-refractivity contribution in [1.29, 1.82) is 0 Å². The van der Waals surface area contributed by atoms with Crippen molar-refractivity contribution in [2.24, 2.45) is 5.92 Å². The van der Waals surface area contributed by atoms with Gasteiger partial charge in [0.25, 0.3) is 0 Å². The van der Waals surface area contributed by atoms with Crippen molar-refractivity contribution in [3.8, 4) is 11.8 Å². The number of hydrogen-bond acceptors (Lipinski definition) is 3. The predicted molar refractivity (Wildman–Crippen MR) is 82.2 cm³/mol. The van der Waals surface area contributed by atoms with E-state index in [2.05, 4.69) is 18.8 Å². The number of sulfonamides is 1. The lowest BCUT2D eigenvalue weighted by molar-refractivity contribution is 0.350. The van der Waals surface area contributed by atoms with Gasteiger partial charge in [-0.05, 0) is 49.4 Å². The predicted octanol–water partition coefficient (Wildman–Crippen LogP) is 1.84. The Morgan fingerprint density at radius 2 is 1.95 bits per heavy atom. The summed E-state index contributed by atoms with van der Waals surface area (Å²) in [7, 11) is -3.41. The number of aliphatic hydroxyl groups is 1. The van der Waals surface area contributed by atoms with Gasteiger partial charge in [0, 0.05) is 18.7 Å². The third-order valence-corrected chi connectivity index (χ3v) is 5.69. The fourth-order valence-electron chi connectivity index (χ4n) is 2.48. The molecule has 1 aliphatic rings. The Balaban J connectivity index is 2.18. The van der Waals surface area contributed by atoms with Crippen LogP contribution in [-0.4, -0.2) is 37.5 Å². The maximum Gasteiger partial charge on any atom is 0.243 e. The number of rotatable bonds is 2. The van der Waals surface area contributed by atoms with Gasteiger partial charge in [0.2, 0.25) is 10.0 Å². The number of hydrogen-bond donors (Lipinski definition) is 1. The lowest BCUT2D eigenvalue weighted by Crippen LogP contribution is -2.32. The van der Waals surface area contributed by atoms with E-state index < -0.39 is 10.0 Å². The van der Waals surface area contributed by atoms with Gasteiger partial charge in [-0.25, -0.2) is 8.42 Å². The Bertz CT molecular complexity index is 626. The summed E-state index contributed by atoms with van der Waals surface area (Å²) in [5.41, 5.74) is 0.701. The first kappa shape index (κ1) is 16.0. The van der Waals surface area contributed by atoms with Crippen molar-refractivity contribution in [3.05, 3.63) is 29.8 Å². The van der Waals surface area contributed by atoms with E-state index in [1.165, 1.54) is 0 Å². The molecule has 1 aromatic rings. The lowest BCUT2D eigenvalue weighted by atomic mass is 10.0. The Labute approximate surface area is 126 Å². The van der Waals surface area contributed by atoms with Crippen LogP contribution in [0.3, 0.4) is 0 Å². The topological polar surface area (TPSA) is 57.6 Å². The molecule has 1 aromatic carbocycles. The minimum absolute atomic E-state index is 0.202. The molecule has 0 bridgehead atoms. The monoisotopic (exact) mass is 307 g/mol. The molecule has 5 heteroatoms. The van der Waals surface area contributed by atoms with Crippen molar-refractivity contribution in [2.75, 3.05) is 19.7 Å². The third kappa shape index (κ3) is 4.07. The van der Waals surface area contributed by atoms with Gasteiger partial charge in [0.1, 0.15) is 6.61 Å². The van der Waals surface area contributed by atoms with Gasteiger partial charge in [0.15, 0.2) is 0 Å². The van der Waals surface area contributed by atoms with Crippen LogP contribution >= 0.6 is 0 Å². The van der Waals surface area contributed by atoms with Gasteiger partial charge in [-0.2, -0.15) is 4.31 Å². The summed E-state index contributed by atoms with van der Waals surface area (Å²) in [6.07, 6.45) is 2.92. The van der Waals surface area contributed by atoms with Crippen LogP contribution in [0.1, 0.15) is 31.7 Å². The van der Waals surface area contributed by atoms with Crippen LogP contribution in [-0.2, 0) is 10.0 Å². The quantitative estimate of drug-likeness (QED) is 0.848. The second kappa shape index (κ2) is 7.08. The molecule has 0 aromatic heterocycles. The average molecular weight is 307 g/mol. The Kier molecular flexibility index (Phi) is 5.40. The maximum absolute atomic E-state index is 12.6. The molecule has 1 heterocycles. The van der Waals surface area contributed by atoms with Gasteiger partial charge >= 0.3 is 0 Å². The van der Waals surface area contributed by atoms with Crippen molar-refractivity contribution in [3.63, 3.8) is 0 Å². The van der Waals surface area contributed by atoms with Gasteiger partial charge < -0.3 is 5.11 Å². The van der Waals surface area contributed by atoms with E-state index in [4.69, 9.17) is 5.11 Å². The maximum atomic E-state index is 12.6. The summed E-state index contributed by atoms with van der Waals surface area (Å²) in [6, 6.07) is 6.53. The Morgan fingerprint density at radius 1 is 1.24 bits per heavy atom. The highest BCUT2D eigenvalue weighted by atomic mass is 32.2. The van der Waals surface area contributed by atoms with Crippen molar-refractivity contribution in [2.45, 2.75) is 31.1 Å². The average Bonchev–Trinajstić information content (AvgIpc) is 2.70. The summed E-state index contributed by atoms with van der Waals surface area (Å²) in [5, 5.41) is 8.65. The highest BCUT2D eigenvalue weighted by molar-refractivity contribution is 7.89. The second-order valence-electron chi connectivity index (χ2n) is 5.42. The first-order chi connectivity index (χ1) is 10.0. The third-order valence-electron chi connectivity index (χ3n) is 3.78. The molecule has 1 fully saturated rings. The summed E-state index contributed by atoms with van der Waals surface area (Å²) in [5.74, 6) is 5.89. The molecule has 114 valence electrons. The van der Waals surface area contributed by atoms with Crippen LogP contribution in [0.15, 0.2) is 29.2 Å². The molecule has 0 aliphatic carbocycles. The highest BCUT2D eigenvalue weighted by Gasteiger charge is 2.26. The molecular weight excluding hydrogens is 286 g/mol. The van der Waals surface area contributed by atoms with E-state index in [9.17, 15) is 8.42 Å². The van der Waals surface area contributed by atoms with Crippen LogP contribution in [0, 0.1) is 17.8 Å². The van der Waals surface area contributed by atoms with Crippen molar-refractivity contribution >= 4 is 10.0 Å². The normalized spacial score (nSPS) is 20.4. The van der Waals surface area contributed by atoms with E-state index in [-0.39, 0.29) is 6.61 Å². The lowest BCUT2D eigenvalue weighted by Gasteiger charge is -2.20. The van der Waals surface area contributed by atoms with E-state index in [0.717, 1.165) is 19.3 Å².